The van der Waals surface area contributed by atoms with Crippen LogP contribution < -0.4 is 11.1 Å². The zero-order valence-corrected chi connectivity index (χ0v) is 13.2. The minimum atomic E-state index is 0. The van der Waals surface area contributed by atoms with Gasteiger partial charge in [0.1, 0.15) is 0 Å². The van der Waals surface area contributed by atoms with Crippen LogP contribution in [0.1, 0.15) is 25.2 Å². The van der Waals surface area contributed by atoms with Gasteiger partial charge in [-0.15, -0.1) is 23.7 Å². The Morgan fingerprint density at radius 3 is 3.00 bits per heavy atom. The van der Waals surface area contributed by atoms with Crippen LogP contribution in [0.15, 0.2) is 22.0 Å². The fraction of sp³-hybridized carbons (Fsp3) is 0.462. The topological polar surface area (TPSA) is 94.0 Å². The predicted octanol–water partition coefficient (Wildman–Crippen LogP) is 2.01. The van der Waals surface area contributed by atoms with Gasteiger partial charge in [-0.3, -0.25) is 4.79 Å². The summed E-state index contributed by atoms with van der Waals surface area (Å²) in [5.41, 5.74) is 5.36. The number of carbonyl (C=O) groups excluding carboxylic acids is 1. The summed E-state index contributed by atoms with van der Waals surface area (Å²) >= 11 is 1.57. The molecule has 2 heterocycles. The molecule has 8 heteroatoms. The molecule has 0 saturated heterocycles. The first-order chi connectivity index (χ1) is 9.79. The van der Waals surface area contributed by atoms with Crippen LogP contribution in [0.4, 0.5) is 0 Å². The highest BCUT2D eigenvalue weighted by atomic mass is 35.5. The summed E-state index contributed by atoms with van der Waals surface area (Å²) in [4.78, 5) is 16.8. The summed E-state index contributed by atoms with van der Waals surface area (Å²) in [6, 6.07) is 3.89. The van der Waals surface area contributed by atoms with Crippen LogP contribution in [0.3, 0.4) is 0 Å². The Bertz CT molecular complexity index is 530. The molecule has 0 aliphatic heterocycles. The summed E-state index contributed by atoms with van der Waals surface area (Å²) in [5, 5.41) is 8.71. The molecule has 6 nitrogen and oxygen atoms in total. The van der Waals surface area contributed by atoms with E-state index in [2.05, 4.69) is 15.5 Å². The Morgan fingerprint density at radius 2 is 2.29 bits per heavy atom. The van der Waals surface area contributed by atoms with E-state index in [4.69, 9.17) is 10.3 Å². The van der Waals surface area contributed by atoms with E-state index >= 15 is 0 Å². The van der Waals surface area contributed by atoms with Gasteiger partial charge in [0.05, 0.1) is 4.88 Å². The third-order valence-electron chi connectivity index (χ3n) is 2.71. The van der Waals surface area contributed by atoms with Gasteiger partial charge in [0.25, 0.3) is 0 Å². The molecule has 0 fully saturated rings. The first-order valence-electron chi connectivity index (χ1n) is 6.63. The van der Waals surface area contributed by atoms with Gasteiger partial charge in [-0.2, -0.15) is 4.98 Å². The average Bonchev–Trinajstić information content (AvgIpc) is 3.09. The standard InChI is InChI=1S/C13H18N4O2S.ClH/c14-7-3-8-15-11(18)5-1-6-12-16-13(17-19-12)10-4-2-9-20-10;/h2,4,9H,1,3,5-8,14H2,(H,15,18);1H. The highest BCUT2D eigenvalue weighted by molar-refractivity contribution is 7.13. The molecule has 0 radical (unpaired) electrons. The number of nitrogens with zero attached hydrogens (tertiary/aromatic N) is 2. The van der Waals surface area contributed by atoms with Crippen LogP contribution in [0.25, 0.3) is 10.7 Å². The molecule has 0 aromatic carbocycles. The van der Waals surface area contributed by atoms with Crippen LogP contribution in [0.2, 0.25) is 0 Å². The van der Waals surface area contributed by atoms with Gasteiger partial charge in [-0.05, 0) is 30.8 Å². The first kappa shape index (κ1) is 17.6. The van der Waals surface area contributed by atoms with E-state index in [1.165, 1.54) is 0 Å². The maximum absolute atomic E-state index is 11.5. The van der Waals surface area contributed by atoms with Crippen molar-refractivity contribution in [3.63, 3.8) is 0 Å². The van der Waals surface area contributed by atoms with Gasteiger partial charge < -0.3 is 15.6 Å². The van der Waals surface area contributed by atoms with Gasteiger partial charge in [-0.25, -0.2) is 0 Å². The van der Waals surface area contributed by atoms with Crippen molar-refractivity contribution in [3.05, 3.63) is 23.4 Å². The van der Waals surface area contributed by atoms with Crippen LogP contribution in [-0.2, 0) is 11.2 Å². The number of nitrogens with two attached hydrogens (primary N) is 1. The molecule has 0 saturated carbocycles. The lowest BCUT2D eigenvalue weighted by Gasteiger charge is -2.02. The van der Waals surface area contributed by atoms with Crippen molar-refractivity contribution in [1.82, 2.24) is 15.5 Å². The molecular formula is C13H19ClN4O2S. The molecule has 2 aromatic rings. The second-order valence-corrected chi connectivity index (χ2v) is 5.28. The molecule has 0 bridgehead atoms. The molecular weight excluding hydrogens is 312 g/mol. The van der Waals surface area contributed by atoms with E-state index in [0.717, 1.165) is 11.3 Å². The van der Waals surface area contributed by atoms with Gasteiger partial charge in [0.2, 0.25) is 17.6 Å². The number of rotatable bonds is 8. The zero-order chi connectivity index (χ0) is 14.2. The number of halogens is 1. The van der Waals surface area contributed by atoms with E-state index < -0.39 is 0 Å². The molecule has 116 valence electrons. The Hall–Kier alpha value is -1.44. The van der Waals surface area contributed by atoms with Gasteiger partial charge >= 0.3 is 0 Å². The molecule has 0 unspecified atom stereocenters. The number of nitrogens with one attached hydrogen (secondary N) is 1. The lowest BCUT2D eigenvalue weighted by Crippen LogP contribution is -2.25. The van der Waals surface area contributed by atoms with Crippen molar-refractivity contribution in [2.45, 2.75) is 25.7 Å². The first-order valence-corrected chi connectivity index (χ1v) is 7.51. The largest absolute Gasteiger partial charge is 0.356 e. The van der Waals surface area contributed by atoms with Crippen LogP contribution in [0, 0.1) is 0 Å². The maximum atomic E-state index is 11.5. The number of hydrogen-bond donors (Lipinski definition) is 2. The van der Waals surface area contributed by atoms with Crippen LogP contribution in [-0.4, -0.2) is 29.1 Å². The van der Waals surface area contributed by atoms with Crippen molar-refractivity contribution < 1.29 is 9.32 Å². The summed E-state index contributed by atoms with van der Waals surface area (Å²) in [7, 11) is 0. The quantitative estimate of drug-likeness (QED) is 0.722. The molecule has 0 spiro atoms. The zero-order valence-electron chi connectivity index (χ0n) is 11.6. The van der Waals surface area contributed by atoms with E-state index in [1.807, 2.05) is 17.5 Å². The smallest absolute Gasteiger partial charge is 0.226 e. The molecule has 21 heavy (non-hydrogen) atoms. The lowest BCUT2D eigenvalue weighted by atomic mass is 10.2. The van der Waals surface area contributed by atoms with E-state index in [0.29, 0.717) is 44.1 Å². The SMILES string of the molecule is Cl.NCCCNC(=O)CCCc1nc(-c2cccs2)no1. The van der Waals surface area contributed by atoms with Gasteiger partial charge in [-0.1, -0.05) is 11.2 Å². The van der Waals surface area contributed by atoms with Crippen LogP contribution in [0.5, 0.6) is 0 Å². The van der Waals surface area contributed by atoms with Gasteiger partial charge in [0, 0.05) is 19.4 Å². The summed E-state index contributed by atoms with van der Waals surface area (Å²) in [5.74, 6) is 1.22. The molecule has 0 aliphatic carbocycles. The Labute approximate surface area is 133 Å². The number of hydrogen-bond acceptors (Lipinski definition) is 6. The molecule has 0 atom stereocenters. The van der Waals surface area contributed by atoms with Crippen LogP contribution >= 0.6 is 23.7 Å². The maximum Gasteiger partial charge on any atom is 0.226 e. The highest BCUT2D eigenvalue weighted by Gasteiger charge is 2.09. The minimum Gasteiger partial charge on any atom is -0.356 e. The Balaban J connectivity index is 0.00000220. The number of amides is 1. The number of thiophene rings is 1. The van der Waals surface area contributed by atoms with Crippen molar-refractivity contribution in [3.8, 4) is 10.7 Å². The second kappa shape index (κ2) is 9.49. The predicted molar refractivity (Wildman–Crippen MR) is 84.5 cm³/mol. The fourth-order valence-electron chi connectivity index (χ4n) is 1.68. The minimum absolute atomic E-state index is 0. The van der Waals surface area contributed by atoms with Crippen molar-refractivity contribution in [2.75, 3.05) is 13.1 Å². The molecule has 1 amide bonds. The highest BCUT2D eigenvalue weighted by Crippen LogP contribution is 2.21. The number of carbonyl (C=O) groups is 1. The normalized spacial score (nSPS) is 10.1. The Morgan fingerprint density at radius 1 is 1.43 bits per heavy atom. The summed E-state index contributed by atoms with van der Waals surface area (Å²) in [6.07, 6.45) is 2.57. The van der Waals surface area contributed by atoms with Crippen molar-refractivity contribution >= 4 is 29.7 Å². The third-order valence-corrected chi connectivity index (χ3v) is 3.57. The lowest BCUT2D eigenvalue weighted by molar-refractivity contribution is -0.121. The molecule has 2 rings (SSSR count). The van der Waals surface area contributed by atoms with E-state index in [9.17, 15) is 4.79 Å². The Kier molecular flexibility index (Phi) is 7.96. The number of aryl methyl sites for hydroxylation is 1. The van der Waals surface area contributed by atoms with Crippen molar-refractivity contribution in [2.24, 2.45) is 5.73 Å². The molecule has 2 aromatic heterocycles. The van der Waals surface area contributed by atoms with Gasteiger partial charge in [0.15, 0.2) is 0 Å². The van der Waals surface area contributed by atoms with Crippen molar-refractivity contribution in [1.29, 1.82) is 0 Å². The van der Waals surface area contributed by atoms with E-state index in [1.54, 1.807) is 11.3 Å². The summed E-state index contributed by atoms with van der Waals surface area (Å²) in [6.45, 7) is 1.23. The average molecular weight is 331 g/mol. The number of aromatic nitrogens is 2. The fourth-order valence-corrected chi connectivity index (χ4v) is 2.33. The molecule has 3 N–H and O–H groups in total. The molecule has 0 aliphatic rings. The monoisotopic (exact) mass is 330 g/mol. The second-order valence-electron chi connectivity index (χ2n) is 4.33. The third kappa shape index (κ3) is 5.82. The summed E-state index contributed by atoms with van der Waals surface area (Å²) < 4.78 is 5.17. The van der Waals surface area contributed by atoms with E-state index in [-0.39, 0.29) is 18.3 Å².